The second kappa shape index (κ2) is 7.89. The topological polar surface area (TPSA) is 21.7 Å². The van der Waals surface area contributed by atoms with Gasteiger partial charge in [-0.05, 0) is 52.3 Å². The zero-order chi connectivity index (χ0) is 12.6. The maximum Gasteiger partial charge on any atom is 0.119 e. The van der Waals surface area contributed by atoms with Crippen LogP contribution in [0.4, 0.5) is 0 Å². The standard InChI is InChI=1S/C13H18ClNO2S/c14-18-13-4-2-12(3-5-13)17-9-1-6-15-7-10-16-11-8-15/h2-5H,1,6-11H2. The lowest BCUT2D eigenvalue weighted by atomic mass is 10.3. The van der Waals surface area contributed by atoms with Crippen LogP contribution >= 0.6 is 21.7 Å². The highest BCUT2D eigenvalue weighted by atomic mass is 35.7. The first kappa shape index (κ1) is 14.0. The van der Waals surface area contributed by atoms with Crippen LogP contribution in [0.2, 0.25) is 0 Å². The van der Waals surface area contributed by atoms with Gasteiger partial charge in [0.1, 0.15) is 5.75 Å². The van der Waals surface area contributed by atoms with E-state index in [0.29, 0.717) is 0 Å². The van der Waals surface area contributed by atoms with Crippen molar-refractivity contribution in [3.63, 3.8) is 0 Å². The Morgan fingerprint density at radius 3 is 2.61 bits per heavy atom. The van der Waals surface area contributed by atoms with Gasteiger partial charge in [-0.15, -0.1) is 0 Å². The summed E-state index contributed by atoms with van der Waals surface area (Å²) in [6.07, 6.45) is 1.05. The Kier molecular flexibility index (Phi) is 6.14. The molecule has 1 heterocycles. The maximum absolute atomic E-state index is 5.69. The summed E-state index contributed by atoms with van der Waals surface area (Å²) in [7, 11) is 6.87. The molecular weight excluding hydrogens is 270 g/mol. The lowest BCUT2D eigenvalue weighted by Gasteiger charge is -2.26. The average molecular weight is 288 g/mol. The van der Waals surface area contributed by atoms with Crippen LogP contribution in [-0.2, 0) is 4.74 Å². The molecule has 1 aliphatic heterocycles. The van der Waals surface area contributed by atoms with E-state index in [2.05, 4.69) is 4.90 Å². The number of hydrogen-bond donors (Lipinski definition) is 0. The van der Waals surface area contributed by atoms with Gasteiger partial charge in [-0.2, -0.15) is 0 Å². The number of morpholine rings is 1. The summed E-state index contributed by atoms with van der Waals surface area (Å²) in [5, 5.41) is 0. The van der Waals surface area contributed by atoms with E-state index in [1.807, 2.05) is 24.3 Å². The largest absolute Gasteiger partial charge is 0.494 e. The Morgan fingerprint density at radius 2 is 1.94 bits per heavy atom. The van der Waals surface area contributed by atoms with Gasteiger partial charge in [-0.3, -0.25) is 4.90 Å². The summed E-state index contributed by atoms with van der Waals surface area (Å²) in [6, 6.07) is 7.85. The summed E-state index contributed by atoms with van der Waals surface area (Å²) in [4.78, 5) is 3.46. The SMILES string of the molecule is ClSc1ccc(OCCCN2CCOCC2)cc1. The number of hydrogen-bond acceptors (Lipinski definition) is 4. The third-order valence-electron chi connectivity index (χ3n) is 2.90. The second-order valence-electron chi connectivity index (χ2n) is 4.20. The Morgan fingerprint density at radius 1 is 1.22 bits per heavy atom. The molecule has 1 aromatic rings. The first-order chi connectivity index (χ1) is 8.88. The van der Waals surface area contributed by atoms with Gasteiger partial charge in [0.2, 0.25) is 0 Å². The van der Waals surface area contributed by atoms with Crippen LogP contribution in [-0.4, -0.2) is 44.4 Å². The van der Waals surface area contributed by atoms with E-state index in [4.69, 9.17) is 20.2 Å². The highest BCUT2D eigenvalue weighted by Gasteiger charge is 2.09. The first-order valence-corrected chi connectivity index (χ1v) is 7.84. The lowest BCUT2D eigenvalue weighted by molar-refractivity contribution is 0.0358. The monoisotopic (exact) mass is 287 g/mol. The molecule has 0 amide bonds. The van der Waals surface area contributed by atoms with Crippen LogP contribution in [0.1, 0.15) is 6.42 Å². The van der Waals surface area contributed by atoms with Crippen molar-refractivity contribution in [1.29, 1.82) is 0 Å². The number of benzene rings is 1. The second-order valence-corrected chi connectivity index (χ2v) is 5.29. The molecule has 5 heteroatoms. The van der Waals surface area contributed by atoms with Crippen LogP contribution in [0.25, 0.3) is 0 Å². The minimum Gasteiger partial charge on any atom is -0.494 e. The van der Waals surface area contributed by atoms with Crippen LogP contribution in [0.5, 0.6) is 5.75 Å². The van der Waals surface area contributed by atoms with Gasteiger partial charge in [0, 0.05) is 24.5 Å². The van der Waals surface area contributed by atoms with Crippen molar-refractivity contribution < 1.29 is 9.47 Å². The number of ether oxygens (including phenoxy) is 2. The van der Waals surface area contributed by atoms with E-state index in [1.54, 1.807) is 0 Å². The van der Waals surface area contributed by atoms with E-state index in [1.165, 1.54) is 11.0 Å². The molecule has 100 valence electrons. The van der Waals surface area contributed by atoms with Crippen LogP contribution in [0.15, 0.2) is 29.2 Å². The quantitative estimate of drug-likeness (QED) is 0.750. The highest BCUT2D eigenvalue weighted by Crippen LogP contribution is 2.24. The van der Waals surface area contributed by atoms with Gasteiger partial charge in [-0.25, -0.2) is 0 Å². The van der Waals surface area contributed by atoms with Gasteiger partial charge in [-0.1, -0.05) is 0 Å². The van der Waals surface area contributed by atoms with E-state index < -0.39 is 0 Å². The minimum atomic E-state index is 0.755. The van der Waals surface area contributed by atoms with Crippen LogP contribution in [0, 0.1) is 0 Å². The molecular formula is C13H18ClNO2S. The fraction of sp³-hybridized carbons (Fsp3) is 0.538. The van der Waals surface area contributed by atoms with Gasteiger partial charge in [0.15, 0.2) is 0 Å². The number of halogens is 1. The summed E-state index contributed by atoms with van der Waals surface area (Å²) in [5.74, 6) is 0.909. The van der Waals surface area contributed by atoms with Crippen LogP contribution in [0.3, 0.4) is 0 Å². The molecule has 0 saturated carbocycles. The Balaban J connectivity index is 1.62. The van der Waals surface area contributed by atoms with Gasteiger partial charge in [0.05, 0.1) is 19.8 Å². The predicted molar refractivity (Wildman–Crippen MR) is 75.5 cm³/mol. The molecule has 0 spiro atoms. The number of nitrogens with zero attached hydrogens (tertiary/aromatic N) is 1. The van der Waals surface area contributed by atoms with Crippen molar-refractivity contribution in [2.24, 2.45) is 0 Å². The van der Waals surface area contributed by atoms with Crippen molar-refractivity contribution >= 4 is 21.7 Å². The molecule has 0 atom stereocenters. The molecule has 0 N–H and O–H groups in total. The van der Waals surface area contributed by atoms with Gasteiger partial charge in [0.25, 0.3) is 0 Å². The molecule has 1 saturated heterocycles. The third kappa shape index (κ3) is 4.69. The zero-order valence-electron chi connectivity index (χ0n) is 10.3. The fourth-order valence-electron chi connectivity index (χ4n) is 1.89. The Bertz CT molecular complexity index is 341. The van der Waals surface area contributed by atoms with Crippen LogP contribution < -0.4 is 4.74 Å². The van der Waals surface area contributed by atoms with E-state index in [0.717, 1.165) is 56.5 Å². The average Bonchev–Trinajstić information content (AvgIpc) is 2.45. The molecule has 0 unspecified atom stereocenters. The van der Waals surface area contributed by atoms with E-state index in [9.17, 15) is 0 Å². The van der Waals surface area contributed by atoms with Gasteiger partial charge < -0.3 is 9.47 Å². The summed E-state index contributed by atoms with van der Waals surface area (Å²) in [5.41, 5.74) is 0. The molecule has 0 radical (unpaired) electrons. The summed E-state index contributed by atoms with van der Waals surface area (Å²) in [6.45, 7) is 5.64. The fourth-order valence-corrected chi connectivity index (χ4v) is 2.44. The Labute approximate surface area is 117 Å². The zero-order valence-corrected chi connectivity index (χ0v) is 11.9. The van der Waals surface area contributed by atoms with Crippen molar-refractivity contribution in [2.45, 2.75) is 11.3 Å². The summed E-state index contributed by atoms with van der Waals surface area (Å²) < 4.78 is 11.0. The van der Waals surface area contributed by atoms with Crippen molar-refractivity contribution in [2.75, 3.05) is 39.5 Å². The Hall–Kier alpha value is -0.420. The normalized spacial score (nSPS) is 16.7. The highest BCUT2D eigenvalue weighted by molar-refractivity contribution is 8.21. The molecule has 2 rings (SSSR count). The lowest BCUT2D eigenvalue weighted by Crippen LogP contribution is -2.37. The molecule has 0 aliphatic carbocycles. The maximum atomic E-state index is 5.69. The molecule has 3 nitrogen and oxygen atoms in total. The van der Waals surface area contributed by atoms with Crippen molar-refractivity contribution in [3.8, 4) is 5.75 Å². The molecule has 1 aromatic carbocycles. The first-order valence-electron chi connectivity index (χ1n) is 6.20. The predicted octanol–water partition coefficient (Wildman–Crippen LogP) is 3.03. The summed E-state index contributed by atoms with van der Waals surface area (Å²) >= 11 is 0. The molecule has 0 bridgehead atoms. The third-order valence-corrected chi connectivity index (χ3v) is 3.89. The molecule has 1 fully saturated rings. The minimum absolute atomic E-state index is 0.755. The van der Waals surface area contributed by atoms with E-state index >= 15 is 0 Å². The van der Waals surface area contributed by atoms with Gasteiger partial charge >= 0.3 is 0 Å². The molecule has 0 aromatic heterocycles. The number of rotatable bonds is 6. The van der Waals surface area contributed by atoms with Crippen molar-refractivity contribution in [3.05, 3.63) is 24.3 Å². The van der Waals surface area contributed by atoms with Crippen molar-refractivity contribution in [1.82, 2.24) is 4.90 Å². The smallest absolute Gasteiger partial charge is 0.119 e. The van der Waals surface area contributed by atoms with E-state index in [-0.39, 0.29) is 0 Å². The molecule has 18 heavy (non-hydrogen) atoms. The molecule has 1 aliphatic rings.